The second-order valence-corrected chi connectivity index (χ2v) is 7.93. The van der Waals surface area contributed by atoms with Crippen LogP contribution in [0.5, 0.6) is 0 Å². The summed E-state index contributed by atoms with van der Waals surface area (Å²) in [7, 11) is 0. The van der Waals surface area contributed by atoms with Crippen LogP contribution in [0.3, 0.4) is 0 Å². The molecular weight excluding hydrogens is 366 g/mol. The predicted octanol–water partition coefficient (Wildman–Crippen LogP) is 5.99. The van der Waals surface area contributed by atoms with Crippen LogP contribution in [0.25, 0.3) is 16.8 Å². The van der Waals surface area contributed by atoms with Crippen LogP contribution in [0.15, 0.2) is 42.5 Å². The fourth-order valence-corrected chi connectivity index (χ4v) is 3.91. The lowest BCUT2D eigenvalue weighted by Gasteiger charge is -2.34. The number of unbranched alkanes of at least 4 members (excludes halogenated alkanes) is 1. The molecule has 0 aliphatic rings. The molecule has 0 fully saturated rings. The largest absolute Gasteiger partial charge is 0.463 e. The molecule has 0 heterocycles. The van der Waals surface area contributed by atoms with Crippen LogP contribution >= 0.6 is 12.2 Å². The molecule has 0 bridgehead atoms. The van der Waals surface area contributed by atoms with Gasteiger partial charge in [-0.15, -0.1) is 0 Å². The van der Waals surface area contributed by atoms with E-state index in [0.29, 0.717) is 6.61 Å². The van der Waals surface area contributed by atoms with Gasteiger partial charge < -0.3 is 9.64 Å². The molecular formula is C24H31NO2S. The number of carbonyl (C=O) groups excluding carboxylic acids is 1. The van der Waals surface area contributed by atoms with E-state index in [1.54, 1.807) is 0 Å². The quantitative estimate of drug-likeness (QED) is 0.237. The van der Waals surface area contributed by atoms with Crippen molar-refractivity contribution in [1.82, 2.24) is 4.90 Å². The normalized spacial score (nSPS) is 11.5. The SMILES string of the molecule is CCCCOC(=O)/C=C/c1cc2ccccc2cc1C(=S)N(C(C)C)C(C)C. The molecule has 2 rings (SSSR count). The van der Waals surface area contributed by atoms with E-state index in [0.717, 1.165) is 39.7 Å². The number of benzene rings is 2. The van der Waals surface area contributed by atoms with Gasteiger partial charge in [-0.2, -0.15) is 0 Å². The Labute approximate surface area is 174 Å². The number of ether oxygens (including phenoxy) is 1. The summed E-state index contributed by atoms with van der Waals surface area (Å²) < 4.78 is 5.25. The minimum atomic E-state index is -0.317. The topological polar surface area (TPSA) is 29.5 Å². The minimum absolute atomic E-state index is 0.287. The molecule has 0 aliphatic carbocycles. The van der Waals surface area contributed by atoms with Crippen LogP contribution in [0.2, 0.25) is 0 Å². The summed E-state index contributed by atoms with van der Waals surface area (Å²) in [6.45, 7) is 11.1. The van der Waals surface area contributed by atoms with E-state index in [1.165, 1.54) is 6.08 Å². The van der Waals surface area contributed by atoms with E-state index >= 15 is 0 Å². The van der Waals surface area contributed by atoms with Crippen molar-refractivity contribution in [1.29, 1.82) is 0 Å². The Morgan fingerprint density at radius 3 is 2.29 bits per heavy atom. The molecule has 3 nitrogen and oxygen atoms in total. The summed E-state index contributed by atoms with van der Waals surface area (Å²) in [5.41, 5.74) is 1.90. The van der Waals surface area contributed by atoms with E-state index < -0.39 is 0 Å². The number of hydrogen-bond donors (Lipinski definition) is 0. The fourth-order valence-electron chi connectivity index (χ4n) is 3.31. The number of esters is 1. The third kappa shape index (κ3) is 5.65. The monoisotopic (exact) mass is 397 g/mol. The summed E-state index contributed by atoms with van der Waals surface area (Å²) in [4.78, 5) is 15.1. The van der Waals surface area contributed by atoms with Crippen molar-refractivity contribution < 1.29 is 9.53 Å². The number of fused-ring (bicyclic) bond motifs is 1. The van der Waals surface area contributed by atoms with Gasteiger partial charge in [-0.3, -0.25) is 0 Å². The van der Waals surface area contributed by atoms with E-state index in [2.05, 4.69) is 63.8 Å². The van der Waals surface area contributed by atoms with Crippen LogP contribution in [-0.2, 0) is 9.53 Å². The van der Waals surface area contributed by atoms with Crippen molar-refractivity contribution in [3.8, 4) is 0 Å². The third-order valence-electron chi connectivity index (χ3n) is 4.64. The molecule has 150 valence electrons. The van der Waals surface area contributed by atoms with E-state index in [4.69, 9.17) is 17.0 Å². The van der Waals surface area contributed by atoms with Gasteiger partial charge in [0.05, 0.1) is 6.61 Å². The van der Waals surface area contributed by atoms with Crippen molar-refractivity contribution in [2.24, 2.45) is 0 Å². The highest BCUT2D eigenvalue weighted by Gasteiger charge is 2.20. The number of carbonyl (C=O) groups is 1. The van der Waals surface area contributed by atoms with E-state index in [9.17, 15) is 4.79 Å². The zero-order valence-electron chi connectivity index (χ0n) is 17.6. The zero-order valence-corrected chi connectivity index (χ0v) is 18.4. The maximum absolute atomic E-state index is 12.0. The van der Waals surface area contributed by atoms with Gasteiger partial charge in [0.15, 0.2) is 0 Å². The average molecular weight is 398 g/mol. The van der Waals surface area contributed by atoms with Crippen molar-refractivity contribution in [2.45, 2.75) is 59.5 Å². The average Bonchev–Trinajstić information content (AvgIpc) is 2.65. The van der Waals surface area contributed by atoms with Crippen LogP contribution < -0.4 is 0 Å². The first-order valence-electron chi connectivity index (χ1n) is 10.1. The summed E-state index contributed by atoms with van der Waals surface area (Å²) in [5, 5.41) is 2.25. The summed E-state index contributed by atoms with van der Waals surface area (Å²) in [6, 6.07) is 13.0. The molecule has 28 heavy (non-hydrogen) atoms. The first-order chi connectivity index (χ1) is 13.3. The van der Waals surface area contributed by atoms with Gasteiger partial charge in [0.1, 0.15) is 4.99 Å². The molecule has 2 aromatic rings. The van der Waals surface area contributed by atoms with Crippen molar-refractivity contribution in [2.75, 3.05) is 6.61 Å². The summed E-state index contributed by atoms with van der Waals surface area (Å²) in [6.07, 6.45) is 5.20. The highest BCUT2D eigenvalue weighted by Crippen LogP contribution is 2.25. The predicted molar refractivity (Wildman–Crippen MR) is 123 cm³/mol. The van der Waals surface area contributed by atoms with Gasteiger partial charge in [0.2, 0.25) is 0 Å². The molecule has 0 spiro atoms. The van der Waals surface area contributed by atoms with Crippen molar-refractivity contribution in [3.05, 3.63) is 53.6 Å². The Morgan fingerprint density at radius 1 is 1.11 bits per heavy atom. The Hall–Kier alpha value is -2.20. The zero-order chi connectivity index (χ0) is 20.7. The Bertz CT molecular complexity index is 847. The van der Waals surface area contributed by atoms with E-state index in [-0.39, 0.29) is 18.1 Å². The Morgan fingerprint density at radius 2 is 1.71 bits per heavy atom. The van der Waals surface area contributed by atoms with Gasteiger partial charge in [-0.25, -0.2) is 4.79 Å². The molecule has 0 saturated carbocycles. The van der Waals surface area contributed by atoms with E-state index in [1.807, 2.05) is 18.2 Å². The highest BCUT2D eigenvalue weighted by molar-refractivity contribution is 7.80. The van der Waals surface area contributed by atoms with Gasteiger partial charge >= 0.3 is 5.97 Å². The first kappa shape index (κ1) is 22.1. The highest BCUT2D eigenvalue weighted by atomic mass is 32.1. The summed E-state index contributed by atoms with van der Waals surface area (Å²) >= 11 is 5.89. The number of thiocarbonyl (C=S) groups is 1. The molecule has 0 unspecified atom stereocenters. The second kappa shape index (κ2) is 10.4. The van der Waals surface area contributed by atoms with Crippen LogP contribution in [0.1, 0.15) is 58.6 Å². The third-order valence-corrected chi connectivity index (χ3v) is 5.07. The maximum Gasteiger partial charge on any atom is 0.330 e. The van der Waals surface area contributed by atoms with Gasteiger partial charge in [0, 0.05) is 23.7 Å². The lowest BCUT2D eigenvalue weighted by molar-refractivity contribution is -0.137. The van der Waals surface area contributed by atoms with Gasteiger partial charge in [-0.1, -0.05) is 49.8 Å². The molecule has 0 aliphatic heterocycles. The molecule has 0 amide bonds. The smallest absolute Gasteiger partial charge is 0.330 e. The van der Waals surface area contributed by atoms with Crippen LogP contribution in [-0.4, -0.2) is 34.5 Å². The van der Waals surface area contributed by atoms with Crippen LogP contribution in [0, 0.1) is 0 Å². The molecule has 4 heteroatoms. The lowest BCUT2D eigenvalue weighted by atomic mass is 9.99. The molecule has 0 N–H and O–H groups in total. The number of hydrogen-bond acceptors (Lipinski definition) is 3. The standard InChI is InChI=1S/C24H31NO2S/c1-6-7-14-27-23(26)13-12-21-15-19-10-8-9-11-20(19)16-22(21)24(28)25(17(2)3)18(4)5/h8-13,15-18H,6-7,14H2,1-5H3/b13-12+. The van der Waals surface area contributed by atoms with Gasteiger partial charge in [0.25, 0.3) is 0 Å². The Kier molecular flexibility index (Phi) is 8.18. The molecule has 0 saturated heterocycles. The van der Waals surface area contributed by atoms with Crippen LogP contribution in [0.4, 0.5) is 0 Å². The van der Waals surface area contributed by atoms with Crippen molar-refractivity contribution in [3.63, 3.8) is 0 Å². The number of nitrogens with zero attached hydrogens (tertiary/aromatic N) is 1. The number of rotatable bonds is 8. The van der Waals surface area contributed by atoms with Gasteiger partial charge in [-0.05, 0) is 68.7 Å². The molecule has 0 atom stereocenters. The molecule has 0 aromatic heterocycles. The lowest BCUT2D eigenvalue weighted by Crippen LogP contribution is -2.41. The maximum atomic E-state index is 12.0. The first-order valence-corrected chi connectivity index (χ1v) is 10.5. The Balaban J connectivity index is 2.43. The minimum Gasteiger partial charge on any atom is -0.463 e. The molecule has 2 aromatic carbocycles. The summed E-state index contributed by atoms with van der Waals surface area (Å²) in [5.74, 6) is -0.317. The second-order valence-electron chi connectivity index (χ2n) is 7.54. The fraction of sp³-hybridized carbons (Fsp3) is 0.417. The molecule has 0 radical (unpaired) electrons. The van der Waals surface area contributed by atoms with Crippen molar-refractivity contribution >= 4 is 40.0 Å².